The minimum absolute atomic E-state index is 0.644. The molecule has 0 fully saturated rings. The summed E-state index contributed by atoms with van der Waals surface area (Å²) in [5.41, 5.74) is 7.28. The molecule has 0 radical (unpaired) electrons. The molecule has 0 saturated carbocycles. The minimum Gasteiger partial charge on any atom is -0.310 e. The summed E-state index contributed by atoms with van der Waals surface area (Å²) >= 11 is 0. The van der Waals surface area contributed by atoms with Crippen LogP contribution in [0.1, 0.15) is 5.56 Å². The van der Waals surface area contributed by atoms with Crippen LogP contribution in [0.4, 0.5) is 34.1 Å². The van der Waals surface area contributed by atoms with Crippen LogP contribution in [-0.4, -0.2) is 16.1 Å². The predicted octanol–water partition coefficient (Wildman–Crippen LogP) is 12.5. The normalized spacial score (nSPS) is 12.0. The zero-order valence-electron chi connectivity index (χ0n) is 30.8. The van der Waals surface area contributed by atoms with E-state index in [1.54, 1.807) is 0 Å². The Balaban J connectivity index is 1.40. The maximum Gasteiger partial charge on any atom is 0.0992 e. The summed E-state index contributed by atoms with van der Waals surface area (Å²) in [6.07, 6.45) is 0. The molecule has 0 bridgehead atoms. The second-order valence-corrected chi connectivity index (χ2v) is 26.0. The molecule has 8 aromatic carbocycles. The van der Waals surface area contributed by atoms with Crippen molar-refractivity contribution in [1.29, 1.82) is 5.26 Å². The Labute approximate surface area is 309 Å². The van der Waals surface area contributed by atoms with E-state index < -0.39 is 16.1 Å². The van der Waals surface area contributed by atoms with Gasteiger partial charge in [0.15, 0.2) is 0 Å². The molecule has 0 aromatic heterocycles. The van der Waals surface area contributed by atoms with Crippen molar-refractivity contribution in [1.82, 2.24) is 0 Å². The van der Waals surface area contributed by atoms with Crippen molar-refractivity contribution in [2.24, 2.45) is 0 Å². The Morgan fingerprint density at radius 1 is 0.423 bits per heavy atom. The van der Waals surface area contributed by atoms with E-state index in [1.807, 2.05) is 18.2 Å². The van der Waals surface area contributed by atoms with E-state index in [-0.39, 0.29) is 0 Å². The molecule has 0 aliphatic rings. The number of hydrogen-bond acceptors (Lipinski definition) is 3. The Bertz CT molecular complexity index is 2630. The summed E-state index contributed by atoms with van der Waals surface area (Å²) in [6, 6.07) is 57.5. The highest BCUT2D eigenvalue weighted by molar-refractivity contribution is 6.89. The summed E-state index contributed by atoms with van der Waals surface area (Å²) in [5, 5.41) is 20.1. The number of rotatable bonds is 8. The number of benzene rings is 8. The Morgan fingerprint density at radius 2 is 0.846 bits per heavy atom. The molecule has 254 valence electrons. The zero-order chi connectivity index (χ0) is 36.2. The van der Waals surface area contributed by atoms with Gasteiger partial charge in [0.2, 0.25) is 0 Å². The standard InChI is InChI=1S/C47H43N3Si2/c1-51(2,3)40-19-11-17-38(30-40)49(36-14-8-7-9-15-36)44-27-23-34-22-26-43-45(28-24-35-21-25-42(44)46(34)47(35)43)50(37-16-10-13-33(29-37)32-48)39-18-12-20-41(31-39)52(4,5)6/h7-31H,1-6H3. The van der Waals surface area contributed by atoms with E-state index in [9.17, 15) is 5.26 Å². The molecule has 8 aromatic rings. The first-order valence-corrected chi connectivity index (χ1v) is 25.1. The van der Waals surface area contributed by atoms with E-state index in [4.69, 9.17) is 0 Å². The Kier molecular flexibility index (Phi) is 8.25. The SMILES string of the molecule is C[Si](C)(C)c1cccc(N(c2ccccc2)c2ccc3ccc4c(N(c5cccc(C#N)c5)c5cccc([Si](C)(C)C)c5)ccc5ccc2c3c54)c1. The van der Waals surface area contributed by atoms with Gasteiger partial charge in [0.05, 0.1) is 39.2 Å². The monoisotopic (exact) mass is 705 g/mol. The van der Waals surface area contributed by atoms with Gasteiger partial charge in [0, 0.05) is 33.5 Å². The minimum atomic E-state index is -1.61. The van der Waals surface area contributed by atoms with E-state index >= 15 is 0 Å². The number of nitriles is 1. The van der Waals surface area contributed by atoms with Gasteiger partial charge in [-0.3, -0.25) is 0 Å². The van der Waals surface area contributed by atoms with E-state index in [1.165, 1.54) is 48.4 Å². The van der Waals surface area contributed by atoms with Gasteiger partial charge in [-0.2, -0.15) is 5.26 Å². The molecule has 0 unspecified atom stereocenters. The fraction of sp³-hybridized carbons (Fsp3) is 0.128. The molecule has 0 aliphatic carbocycles. The lowest BCUT2D eigenvalue weighted by atomic mass is 9.91. The number of hydrogen-bond donors (Lipinski definition) is 0. The molecule has 0 N–H and O–H groups in total. The highest BCUT2D eigenvalue weighted by atomic mass is 28.3. The van der Waals surface area contributed by atoms with Crippen molar-refractivity contribution in [3.8, 4) is 6.07 Å². The third-order valence-electron chi connectivity index (χ3n) is 10.3. The molecule has 8 rings (SSSR count). The van der Waals surface area contributed by atoms with Gasteiger partial charge < -0.3 is 9.80 Å². The highest BCUT2D eigenvalue weighted by Gasteiger charge is 2.24. The van der Waals surface area contributed by atoms with Gasteiger partial charge in [-0.15, -0.1) is 0 Å². The number of anilines is 6. The van der Waals surface area contributed by atoms with Crippen LogP contribution < -0.4 is 20.2 Å². The fourth-order valence-corrected chi connectivity index (χ4v) is 9.88. The van der Waals surface area contributed by atoms with Crippen molar-refractivity contribution < 1.29 is 0 Å². The van der Waals surface area contributed by atoms with Crippen molar-refractivity contribution in [2.75, 3.05) is 9.80 Å². The smallest absolute Gasteiger partial charge is 0.0992 e. The first kappa shape index (κ1) is 33.5. The maximum absolute atomic E-state index is 9.92. The van der Waals surface area contributed by atoms with Crippen molar-refractivity contribution in [3.05, 3.63) is 157 Å². The van der Waals surface area contributed by atoms with Crippen LogP contribution in [0.25, 0.3) is 32.3 Å². The van der Waals surface area contributed by atoms with Crippen LogP contribution >= 0.6 is 0 Å². The second kappa shape index (κ2) is 12.8. The lowest BCUT2D eigenvalue weighted by Crippen LogP contribution is -2.37. The zero-order valence-corrected chi connectivity index (χ0v) is 32.8. The maximum atomic E-state index is 9.92. The third kappa shape index (κ3) is 5.94. The average molecular weight is 706 g/mol. The van der Waals surface area contributed by atoms with E-state index in [2.05, 4.69) is 189 Å². The summed E-state index contributed by atoms with van der Waals surface area (Å²) in [6.45, 7) is 14.4. The summed E-state index contributed by atoms with van der Waals surface area (Å²) in [7, 11) is -3.16. The largest absolute Gasteiger partial charge is 0.310 e. The van der Waals surface area contributed by atoms with Gasteiger partial charge in [0.1, 0.15) is 0 Å². The molecule has 5 heteroatoms. The predicted molar refractivity (Wildman–Crippen MR) is 230 cm³/mol. The Hall–Kier alpha value is -5.68. The van der Waals surface area contributed by atoms with Crippen LogP contribution in [0.3, 0.4) is 0 Å². The van der Waals surface area contributed by atoms with Gasteiger partial charge in [0.25, 0.3) is 0 Å². The third-order valence-corrected chi connectivity index (χ3v) is 14.4. The molecule has 0 spiro atoms. The van der Waals surface area contributed by atoms with Crippen LogP contribution in [0.2, 0.25) is 39.3 Å². The lowest BCUT2D eigenvalue weighted by Gasteiger charge is -2.30. The molecule has 0 amide bonds. The van der Waals surface area contributed by atoms with Crippen LogP contribution in [-0.2, 0) is 0 Å². The molecule has 0 atom stereocenters. The van der Waals surface area contributed by atoms with Crippen molar-refractivity contribution >= 4 is 93.0 Å². The molecule has 0 heterocycles. The number of para-hydroxylation sites is 1. The molecule has 0 aliphatic heterocycles. The van der Waals surface area contributed by atoms with Gasteiger partial charge >= 0.3 is 0 Å². The van der Waals surface area contributed by atoms with E-state index in [0.717, 1.165) is 28.4 Å². The molecule has 52 heavy (non-hydrogen) atoms. The average Bonchev–Trinajstić information content (AvgIpc) is 3.15. The van der Waals surface area contributed by atoms with E-state index in [0.29, 0.717) is 5.56 Å². The van der Waals surface area contributed by atoms with Gasteiger partial charge in [-0.1, -0.05) is 135 Å². The topological polar surface area (TPSA) is 30.3 Å². The van der Waals surface area contributed by atoms with Crippen LogP contribution in [0.5, 0.6) is 0 Å². The van der Waals surface area contributed by atoms with Crippen LogP contribution in [0.15, 0.2) is 152 Å². The van der Waals surface area contributed by atoms with Crippen molar-refractivity contribution in [3.63, 3.8) is 0 Å². The van der Waals surface area contributed by atoms with Gasteiger partial charge in [-0.25, -0.2) is 0 Å². The van der Waals surface area contributed by atoms with Crippen LogP contribution in [0, 0.1) is 11.3 Å². The first-order chi connectivity index (χ1) is 25.0. The first-order valence-electron chi connectivity index (χ1n) is 18.1. The summed E-state index contributed by atoms with van der Waals surface area (Å²) in [5.74, 6) is 0. The molecule has 3 nitrogen and oxygen atoms in total. The molecular formula is C47H43N3Si2. The lowest BCUT2D eigenvalue weighted by molar-refractivity contribution is 1.29. The fourth-order valence-electron chi connectivity index (χ4n) is 7.53. The summed E-state index contributed by atoms with van der Waals surface area (Å²) in [4.78, 5) is 4.77. The van der Waals surface area contributed by atoms with Crippen molar-refractivity contribution in [2.45, 2.75) is 39.3 Å². The second-order valence-electron chi connectivity index (χ2n) is 15.9. The molecular weight excluding hydrogens is 663 g/mol. The highest BCUT2D eigenvalue weighted by Crippen LogP contribution is 2.47. The molecule has 0 saturated heterocycles. The Morgan fingerprint density at radius 3 is 1.33 bits per heavy atom. The van der Waals surface area contributed by atoms with Gasteiger partial charge in [-0.05, 0) is 88.3 Å². The number of nitrogens with zero attached hydrogens (tertiary/aromatic N) is 3. The summed E-state index contributed by atoms with van der Waals surface area (Å²) < 4.78 is 0. The quantitative estimate of drug-likeness (QED) is 0.116.